The Morgan fingerprint density at radius 1 is 1.22 bits per heavy atom. The van der Waals surface area contributed by atoms with Gasteiger partial charge in [-0.15, -0.1) is 0 Å². The van der Waals surface area contributed by atoms with Gasteiger partial charge in [-0.3, -0.25) is 9.59 Å². The van der Waals surface area contributed by atoms with E-state index in [9.17, 15) is 9.59 Å². The van der Waals surface area contributed by atoms with Crippen molar-refractivity contribution in [1.82, 2.24) is 4.90 Å². The van der Waals surface area contributed by atoms with Crippen molar-refractivity contribution in [1.29, 1.82) is 0 Å². The van der Waals surface area contributed by atoms with Crippen LogP contribution in [-0.2, 0) is 0 Å². The van der Waals surface area contributed by atoms with Crippen LogP contribution in [0.5, 0.6) is 0 Å². The van der Waals surface area contributed by atoms with Gasteiger partial charge in [-0.2, -0.15) is 0 Å². The van der Waals surface area contributed by atoms with Crippen LogP contribution in [0.4, 0.5) is 0 Å². The van der Waals surface area contributed by atoms with Crippen molar-refractivity contribution in [2.45, 2.75) is 13.8 Å². The smallest absolute Gasteiger partial charge is 0.264 e. The molecule has 1 heterocycles. The summed E-state index contributed by atoms with van der Waals surface area (Å²) in [6.45, 7) is 5.18. The molecule has 1 amide bonds. The van der Waals surface area contributed by atoms with Gasteiger partial charge in [-0.25, -0.2) is 0 Å². The Morgan fingerprint density at radius 3 is 2.56 bits per heavy atom. The van der Waals surface area contributed by atoms with Crippen LogP contribution in [0.3, 0.4) is 0 Å². The number of rotatable bonds is 3. The van der Waals surface area contributed by atoms with E-state index in [4.69, 9.17) is 0 Å². The van der Waals surface area contributed by atoms with Gasteiger partial charge in [-0.1, -0.05) is 29.5 Å². The van der Waals surface area contributed by atoms with E-state index in [0.717, 1.165) is 16.7 Å². The lowest BCUT2D eigenvalue weighted by Gasteiger charge is -2.18. The van der Waals surface area contributed by atoms with Gasteiger partial charge >= 0.3 is 0 Å². The maximum absolute atomic E-state index is 12.2. The molecule has 0 N–H and O–H groups in total. The zero-order valence-electron chi connectivity index (χ0n) is 10.5. The molecule has 4 heteroatoms. The molecule has 2 rings (SSSR count). The summed E-state index contributed by atoms with van der Waals surface area (Å²) < 4.78 is -0.0522. The molecule has 0 aliphatic heterocycles. The number of carbonyl (C=O) groups is 1. The lowest BCUT2D eigenvalue weighted by atomic mass is 10.2. The third-order valence-electron chi connectivity index (χ3n) is 2.93. The lowest BCUT2D eigenvalue weighted by Crippen LogP contribution is -2.30. The first-order chi connectivity index (χ1) is 8.67. The maximum Gasteiger partial charge on any atom is 0.264 e. The SMILES string of the molecule is CCN(CC)C(=O)c1cc2ccccc2c(=O)s1. The largest absolute Gasteiger partial charge is 0.339 e. The van der Waals surface area contributed by atoms with Crippen molar-refractivity contribution in [2.75, 3.05) is 13.1 Å². The van der Waals surface area contributed by atoms with E-state index in [1.807, 2.05) is 38.1 Å². The molecule has 18 heavy (non-hydrogen) atoms. The van der Waals surface area contributed by atoms with E-state index in [1.165, 1.54) is 0 Å². The van der Waals surface area contributed by atoms with Crippen LogP contribution in [0.2, 0.25) is 0 Å². The van der Waals surface area contributed by atoms with Crippen molar-refractivity contribution >= 4 is 28.0 Å². The zero-order chi connectivity index (χ0) is 13.1. The number of hydrogen-bond acceptors (Lipinski definition) is 3. The molecule has 0 radical (unpaired) electrons. The molecule has 2 aromatic rings. The van der Waals surface area contributed by atoms with Crippen molar-refractivity contribution in [3.63, 3.8) is 0 Å². The van der Waals surface area contributed by atoms with E-state index < -0.39 is 0 Å². The average Bonchev–Trinajstić information content (AvgIpc) is 2.40. The number of nitrogens with zero attached hydrogens (tertiary/aromatic N) is 1. The van der Waals surface area contributed by atoms with E-state index >= 15 is 0 Å². The van der Waals surface area contributed by atoms with Crippen molar-refractivity contribution in [2.24, 2.45) is 0 Å². The normalized spacial score (nSPS) is 10.6. The standard InChI is InChI=1S/C14H15NO2S/c1-3-15(4-2)13(16)12-9-10-7-5-6-8-11(10)14(17)18-12/h5-9H,3-4H2,1-2H3. The van der Waals surface area contributed by atoms with Gasteiger partial charge in [0.1, 0.15) is 0 Å². The molecule has 0 spiro atoms. The van der Waals surface area contributed by atoms with Gasteiger partial charge in [-0.05, 0) is 31.4 Å². The summed E-state index contributed by atoms with van der Waals surface area (Å²) >= 11 is 1.03. The van der Waals surface area contributed by atoms with E-state index in [2.05, 4.69) is 0 Å². The Balaban J connectivity index is 2.53. The number of fused-ring (bicyclic) bond motifs is 1. The second-order valence-electron chi connectivity index (χ2n) is 3.96. The predicted octanol–water partition coefficient (Wildman–Crippen LogP) is 2.74. The van der Waals surface area contributed by atoms with Crippen LogP contribution < -0.4 is 4.74 Å². The Kier molecular flexibility index (Phi) is 3.77. The second-order valence-corrected chi connectivity index (χ2v) is 4.98. The minimum absolute atomic E-state index is 0.0522. The Labute approximate surface area is 110 Å². The molecular weight excluding hydrogens is 246 g/mol. The molecule has 0 aliphatic rings. The minimum Gasteiger partial charge on any atom is -0.339 e. The van der Waals surface area contributed by atoms with Crippen molar-refractivity contribution in [3.05, 3.63) is 44.7 Å². The zero-order valence-corrected chi connectivity index (χ0v) is 11.3. The van der Waals surface area contributed by atoms with Gasteiger partial charge in [0.15, 0.2) is 0 Å². The highest BCUT2D eigenvalue weighted by atomic mass is 32.1. The summed E-state index contributed by atoms with van der Waals surface area (Å²) in [5.41, 5.74) is 0. The maximum atomic E-state index is 12.2. The quantitative estimate of drug-likeness (QED) is 0.852. The fourth-order valence-electron chi connectivity index (χ4n) is 1.91. The minimum atomic E-state index is -0.0622. The molecule has 1 aromatic carbocycles. The van der Waals surface area contributed by atoms with E-state index in [-0.39, 0.29) is 10.6 Å². The van der Waals surface area contributed by atoms with Crippen LogP contribution in [0.15, 0.2) is 35.1 Å². The molecule has 0 unspecified atom stereocenters. The summed E-state index contributed by atoms with van der Waals surface area (Å²) in [6, 6.07) is 9.17. The van der Waals surface area contributed by atoms with Crippen molar-refractivity contribution < 1.29 is 4.79 Å². The molecule has 0 saturated heterocycles. The second kappa shape index (κ2) is 5.31. The van der Waals surface area contributed by atoms with Crippen LogP contribution in [0.25, 0.3) is 10.8 Å². The molecule has 0 saturated carbocycles. The molecule has 94 valence electrons. The first-order valence-electron chi connectivity index (χ1n) is 5.99. The molecule has 0 atom stereocenters. The van der Waals surface area contributed by atoms with Crippen LogP contribution in [-0.4, -0.2) is 23.9 Å². The van der Waals surface area contributed by atoms with Crippen molar-refractivity contribution in [3.8, 4) is 0 Å². The molecule has 0 bridgehead atoms. The number of amides is 1. The topological polar surface area (TPSA) is 37.4 Å². The average molecular weight is 261 g/mol. The fraction of sp³-hybridized carbons (Fsp3) is 0.286. The van der Waals surface area contributed by atoms with Gasteiger partial charge < -0.3 is 4.90 Å². The summed E-state index contributed by atoms with van der Waals surface area (Å²) in [4.78, 5) is 26.4. The Bertz CT molecular complexity index is 629. The van der Waals surface area contributed by atoms with Crippen LogP contribution >= 0.6 is 11.3 Å². The third kappa shape index (κ3) is 2.29. The van der Waals surface area contributed by atoms with E-state index in [1.54, 1.807) is 11.0 Å². The number of benzene rings is 1. The van der Waals surface area contributed by atoms with Gasteiger partial charge in [0.2, 0.25) is 4.74 Å². The fourth-order valence-corrected chi connectivity index (χ4v) is 2.80. The first-order valence-corrected chi connectivity index (χ1v) is 6.81. The highest BCUT2D eigenvalue weighted by molar-refractivity contribution is 7.12. The van der Waals surface area contributed by atoms with Crippen LogP contribution in [0, 0.1) is 0 Å². The molecular formula is C14H15NO2S. The lowest BCUT2D eigenvalue weighted by molar-refractivity contribution is 0.0778. The van der Waals surface area contributed by atoms with Gasteiger partial charge in [0, 0.05) is 18.5 Å². The summed E-state index contributed by atoms with van der Waals surface area (Å²) in [5, 5.41) is 1.51. The molecule has 0 fully saturated rings. The number of carbonyl (C=O) groups excluding carboxylic acids is 1. The first kappa shape index (κ1) is 12.8. The Hall–Kier alpha value is -1.68. The molecule has 3 nitrogen and oxygen atoms in total. The van der Waals surface area contributed by atoms with Gasteiger partial charge in [0.05, 0.1) is 4.88 Å². The summed E-state index contributed by atoms with van der Waals surface area (Å²) in [7, 11) is 0. The highest BCUT2D eigenvalue weighted by Crippen LogP contribution is 2.16. The third-order valence-corrected chi connectivity index (χ3v) is 3.85. The highest BCUT2D eigenvalue weighted by Gasteiger charge is 2.15. The van der Waals surface area contributed by atoms with Crippen LogP contribution in [0.1, 0.15) is 23.5 Å². The molecule has 0 aliphatic carbocycles. The number of hydrogen-bond donors (Lipinski definition) is 0. The monoisotopic (exact) mass is 261 g/mol. The predicted molar refractivity (Wildman–Crippen MR) is 75.3 cm³/mol. The van der Waals surface area contributed by atoms with E-state index in [0.29, 0.717) is 23.4 Å². The summed E-state index contributed by atoms with van der Waals surface area (Å²) in [5.74, 6) is -0.0622. The summed E-state index contributed by atoms with van der Waals surface area (Å²) in [6.07, 6.45) is 0. The molecule has 1 aromatic heterocycles. The Morgan fingerprint density at radius 2 is 1.89 bits per heavy atom. The van der Waals surface area contributed by atoms with Gasteiger partial charge in [0.25, 0.3) is 5.91 Å².